The minimum atomic E-state index is -3.29. The van der Waals surface area contributed by atoms with Crippen LogP contribution in [0.3, 0.4) is 0 Å². The Labute approximate surface area is 202 Å². The number of hydrogen-bond donors (Lipinski definition) is 1. The van der Waals surface area contributed by atoms with E-state index in [1.165, 1.54) is 22.8 Å². The van der Waals surface area contributed by atoms with Crippen molar-refractivity contribution in [3.63, 3.8) is 0 Å². The molecule has 1 aliphatic carbocycles. The summed E-state index contributed by atoms with van der Waals surface area (Å²) in [4.78, 5) is 17.1. The summed E-state index contributed by atoms with van der Waals surface area (Å²) in [7, 11) is -3.29. The molecule has 1 saturated heterocycles. The maximum atomic E-state index is 15.0. The minimum absolute atomic E-state index is 0.173. The molecule has 2 aromatic rings. The van der Waals surface area contributed by atoms with Crippen molar-refractivity contribution >= 4 is 26.6 Å². The maximum absolute atomic E-state index is 15.0. The minimum Gasteiger partial charge on any atom is -0.381 e. The fourth-order valence-electron chi connectivity index (χ4n) is 5.06. The van der Waals surface area contributed by atoms with Crippen molar-refractivity contribution in [2.75, 3.05) is 24.7 Å². The van der Waals surface area contributed by atoms with Gasteiger partial charge in [0.15, 0.2) is 0 Å². The van der Waals surface area contributed by atoms with Gasteiger partial charge in [0, 0.05) is 66.2 Å². The van der Waals surface area contributed by atoms with Crippen LogP contribution in [0.5, 0.6) is 0 Å². The second-order valence-electron chi connectivity index (χ2n) is 9.35. The fourth-order valence-corrected chi connectivity index (χ4v) is 5.94. The molecule has 1 N–H and O–H groups in total. The molecular formula is C24H29F3N4O3S. The third kappa shape index (κ3) is 5.16. The quantitative estimate of drug-likeness (QED) is 0.633. The van der Waals surface area contributed by atoms with Crippen molar-refractivity contribution in [2.45, 2.75) is 45.2 Å². The zero-order valence-electron chi connectivity index (χ0n) is 19.8. The third-order valence-electron chi connectivity index (χ3n) is 6.96. The first kappa shape index (κ1) is 25.4. The summed E-state index contributed by atoms with van der Waals surface area (Å²) < 4.78 is 68.1. The molecular weight excluding hydrogens is 481 g/mol. The van der Waals surface area contributed by atoms with Crippen LogP contribution in [-0.4, -0.2) is 54.1 Å². The van der Waals surface area contributed by atoms with Crippen molar-refractivity contribution in [1.82, 2.24) is 13.9 Å². The Bertz CT molecular complexity index is 1330. The Kier molecular flexibility index (Phi) is 7.10. The highest BCUT2D eigenvalue weighted by atomic mass is 32.2. The van der Waals surface area contributed by atoms with Gasteiger partial charge in [-0.05, 0) is 31.7 Å². The van der Waals surface area contributed by atoms with E-state index >= 15 is 0 Å². The zero-order chi connectivity index (χ0) is 25.5. The van der Waals surface area contributed by atoms with Crippen LogP contribution in [0.2, 0.25) is 0 Å². The van der Waals surface area contributed by atoms with Gasteiger partial charge in [-0.1, -0.05) is 19.1 Å². The van der Waals surface area contributed by atoms with Gasteiger partial charge in [0.2, 0.25) is 10.0 Å². The van der Waals surface area contributed by atoms with E-state index < -0.39 is 39.8 Å². The number of hydrogen-bond acceptors (Lipinski definition) is 5. The first-order valence-electron chi connectivity index (χ1n) is 11.6. The van der Waals surface area contributed by atoms with E-state index in [0.717, 1.165) is 6.08 Å². The average Bonchev–Trinajstić information content (AvgIpc) is 2.78. The second kappa shape index (κ2) is 9.77. The number of pyridine rings is 2. The monoisotopic (exact) mass is 510 g/mol. The molecule has 4 rings (SSSR count). The first-order chi connectivity index (χ1) is 16.5. The van der Waals surface area contributed by atoms with Crippen LogP contribution in [0.1, 0.15) is 32.7 Å². The number of allylic oxidation sites excluding steroid dienone is 3. The highest BCUT2D eigenvalue weighted by Gasteiger charge is 2.34. The highest BCUT2D eigenvalue weighted by molar-refractivity contribution is 7.88. The number of halogens is 3. The molecule has 0 aromatic carbocycles. The van der Waals surface area contributed by atoms with E-state index in [2.05, 4.69) is 10.3 Å². The number of alkyl halides is 2. The molecule has 0 saturated carbocycles. The van der Waals surface area contributed by atoms with Crippen molar-refractivity contribution in [3.8, 4) is 0 Å². The van der Waals surface area contributed by atoms with Crippen LogP contribution in [0.4, 0.5) is 18.9 Å². The molecule has 11 heteroatoms. The van der Waals surface area contributed by atoms with Crippen LogP contribution >= 0.6 is 0 Å². The van der Waals surface area contributed by atoms with Gasteiger partial charge in [-0.15, -0.1) is 0 Å². The molecule has 7 nitrogen and oxygen atoms in total. The number of nitrogens with one attached hydrogen (secondary N) is 1. The summed E-state index contributed by atoms with van der Waals surface area (Å²) >= 11 is 0. The van der Waals surface area contributed by atoms with Crippen LogP contribution in [0.15, 0.2) is 52.9 Å². The Morgan fingerprint density at radius 2 is 1.91 bits per heavy atom. The molecule has 2 unspecified atom stereocenters. The average molecular weight is 511 g/mol. The first-order valence-corrected chi connectivity index (χ1v) is 13.4. The lowest BCUT2D eigenvalue weighted by Gasteiger charge is -2.32. The summed E-state index contributed by atoms with van der Waals surface area (Å²) in [6, 6.07) is 2.44. The molecule has 0 spiro atoms. The lowest BCUT2D eigenvalue weighted by molar-refractivity contribution is 0.183. The summed E-state index contributed by atoms with van der Waals surface area (Å²) in [6.45, 7) is 4.18. The SMILES string of the molecule is CC1C=CC(C(F)F)=C(F)C1[C@@H](C)Nc1ccnc2cc(=O)n(C3CCN(S(C)(=O)=O)CC3)cc12. The van der Waals surface area contributed by atoms with E-state index in [1.807, 2.05) is 0 Å². The number of sulfonamides is 1. The summed E-state index contributed by atoms with van der Waals surface area (Å²) in [5.41, 5.74) is 0.237. The Balaban J connectivity index is 1.63. The van der Waals surface area contributed by atoms with E-state index in [9.17, 15) is 26.4 Å². The Hall–Kier alpha value is -2.66. The molecule has 3 atom stereocenters. The van der Waals surface area contributed by atoms with Gasteiger partial charge in [0.05, 0.1) is 11.8 Å². The number of anilines is 1. The Morgan fingerprint density at radius 3 is 2.54 bits per heavy atom. The number of piperidine rings is 1. The summed E-state index contributed by atoms with van der Waals surface area (Å²) in [5.74, 6) is -1.88. The maximum Gasteiger partial charge on any atom is 0.266 e. The lowest BCUT2D eigenvalue weighted by Crippen LogP contribution is -2.40. The molecule has 190 valence electrons. The molecule has 2 aliphatic rings. The van der Waals surface area contributed by atoms with Gasteiger partial charge >= 0.3 is 0 Å². The third-order valence-corrected chi connectivity index (χ3v) is 8.26. The Morgan fingerprint density at radius 1 is 1.23 bits per heavy atom. The van der Waals surface area contributed by atoms with Crippen LogP contribution in [0.25, 0.3) is 10.9 Å². The van der Waals surface area contributed by atoms with Crippen molar-refractivity contribution in [3.05, 3.63) is 58.4 Å². The summed E-state index contributed by atoms with van der Waals surface area (Å²) in [5, 5.41) is 3.90. The molecule has 3 heterocycles. The standard InChI is InChI=1S/C24H29F3N4O3S/c1-14-4-5-17(24(26)27)23(25)22(14)15(2)29-19-6-9-28-20-12-21(32)31(13-18(19)20)16-7-10-30(11-8-16)35(3,33)34/h4-6,9,12-16,22,24,29H,7-8,10-11H2,1-3H3/t14?,15-,22?/m1/s1. The van der Waals surface area contributed by atoms with Crippen molar-refractivity contribution < 1.29 is 21.6 Å². The predicted octanol–water partition coefficient (Wildman–Crippen LogP) is 4.10. The van der Waals surface area contributed by atoms with Crippen LogP contribution < -0.4 is 10.9 Å². The number of fused-ring (bicyclic) bond motifs is 1. The molecule has 1 fully saturated rings. The van der Waals surface area contributed by atoms with E-state index in [0.29, 0.717) is 42.5 Å². The molecule has 2 aromatic heterocycles. The molecule has 0 radical (unpaired) electrons. The topological polar surface area (TPSA) is 84.3 Å². The zero-order valence-corrected chi connectivity index (χ0v) is 20.6. The number of rotatable bonds is 6. The van der Waals surface area contributed by atoms with E-state index in [4.69, 9.17) is 0 Å². The smallest absolute Gasteiger partial charge is 0.266 e. The van der Waals surface area contributed by atoms with Crippen LogP contribution in [0, 0.1) is 11.8 Å². The van der Waals surface area contributed by atoms with E-state index in [1.54, 1.807) is 36.8 Å². The second-order valence-corrected chi connectivity index (χ2v) is 11.3. The van der Waals surface area contributed by atoms with Crippen molar-refractivity contribution in [1.29, 1.82) is 0 Å². The van der Waals surface area contributed by atoms with Crippen molar-refractivity contribution in [2.24, 2.45) is 11.8 Å². The number of aromatic nitrogens is 2. The van der Waals surface area contributed by atoms with Gasteiger partial charge in [-0.25, -0.2) is 25.9 Å². The van der Waals surface area contributed by atoms with Crippen LogP contribution in [-0.2, 0) is 10.0 Å². The normalized spacial score (nSPS) is 23.3. The van der Waals surface area contributed by atoms with E-state index in [-0.39, 0.29) is 17.5 Å². The largest absolute Gasteiger partial charge is 0.381 e. The van der Waals surface area contributed by atoms with Gasteiger partial charge in [0.1, 0.15) is 5.83 Å². The molecule has 1 aliphatic heterocycles. The van der Waals surface area contributed by atoms with Gasteiger partial charge in [0.25, 0.3) is 12.0 Å². The molecule has 0 bridgehead atoms. The highest BCUT2D eigenvalue weighted by Crippen LogP contribution is 2.37. The van der Waals surface area contributed by atoms with Gasteiger partial charge in [-0.2, -0.15) is 0 Å². The van der Waals surface area contributed by atoms with Gasteiger partial charge < -0.3 is 9.88 Å². The molecule has 35 heavy (non-hydrogen) atoms. The predicted molar refractivity (Wildman–Crippen MR) is 130 cm³/mol. The summed E-state index contributed by atoms with van der Waals surface area (Å²) in [6.07, 6.45) is 5.26. The molecule has 0 amide bonds. The fraction of sp³-hybridized carbons (Fsp3) is 0.500. The van der Waals surface area contributed by atoms with Gasteiger partial charge in [-0.3, -0.25) is 9.78 Å². The number of nitrogens with zero attached hydrogens (tertiary/aromatic N) is 3. The lowest BCUT2D eigenvalue weighted by atomic mass is 9.81.